The molecule has 2 fully saturated rings. The number of carbonyl (C=O) groups is 9. The molecule has 21 N–H and O–H groups in total. The van der Waals surface area contributed by atoms with Crippen LogP contribution in [0.25, 0.3) is 11.1 Å². The van der Waals surface area contributed by atoms with Gasteiger partial charge in [-0.25, -0.2) is 4.79 Å². The van der Waals surface area contributed by atoms with Gasteiger partial charge in [-0.3, -0.25) is 38.4 Å². The molecule has 0 aromatic heterocycles. The van der Waals surface area contributed by atoms with E-state index in [1.54, 1.807) is 39.0 Å². The van der Waals surface area contributed by atoms with Crippen LogP contribution in [0.1, 0.15) is 121 Å². The molecule has 650 valence electrons. The summed E-state index contributed by atoms with van der Waals surface area (Å²) in [6.45, 7) is 5.53. The molecule has 7 heterocycles. The highest BCUT2D eigenvalue weighted by molar-refractivity contribution is 6.32. The second-order valence-electron chi connectivity index (χ2n) is 30.2. The molecule has 122 heavy (non-hydrogen) atoms. The van der Waals surface area contributed by atoms with Crippen molar-refractivity contribution < 1.29 is 141 Å². The van der Waals surface area contributed by atoms with E-state index in [1.807, 2.05) is 0 Å². The first-order chi connectivity index (χ1) is 57.7. The lowest BCUT2D eigenvalue weighted by Gasteiger charge is -2.47. The zero-order valence-electron chi connectivity index (χ0n) is 65.0. The van der Waals surface area contributed by atoms with Crippen molar-refractivity contribution in [3.05, 3.63) is 176 Å². The lowest BCUT2D eigenvalue weighted by Crippen LogP contribution is -2.63. The largest absolute Gasteiger partial charge is 0.573 e. The van der Waals surface area contributed by atoms with Crippen LogP contribution in [0.2, 0.25) is 10.0 Å². The van der Waals surface area contributed by atoms with Crippen molar-refractivity contribution in [3.8, 4) is 62.9 Å². The Kier molecular flexibility index (Phi) is 27.1. The maximum Gasteiger partial charge on any atom is 0.573 e. The molecule has 8 amide bonds. The third kappa shape index (κ3) is 20.1. The highest BCUT2D eigenvalue weighted by Gasteiger charge is 2.50. The fourth-order valence-electron chi connectivity index (χ4n) is 14.7. The van der Waals surface area contributed by atoms with E-state index in [9.17, 15) is 88.2 Å². The number of ether oxygens (including phenoxy) is 7. The number of aliphatic carboxylic acids is 1. The van der Waals surface area contributed by atoms with Crippen molar-refractivity contribution in [3.63, 3.8) is 0 Å². The number of phenols is 3. The molecule has 7 aromatic carbocycles. The van der Waals surface area contributed by atoms with Gasteiger partial charge in [0.25, 0.3) is 5.91 Å². The SMILES string of the molecule is CN[C@@H](CC(C)C)C(=O)N[C@H]1C(=O)N[C@@H](CC(N)=O)C(=O)NC2C(=O)N[C@@H]3C(=O)N[C@@H](C(=O)N[C@@H](C(=O)O)c4cc(O)cc(O)c4-c4cc3ccc4O)[C@@H](O[C@@H]3CC(C)(NCc4cccc(NC(=O)c5ccc(OC(F)(F)F)cc5)c4)[C@H](O)[C@H](C)O3)c3ccc(c(Cl)c3)Oc3cc2cc(c3OC2OC(CO)[C@@H](O)[C@@H](O)[C@H]2O)Oc2ccc(cc2Cl)[C@H]1O. The molecule has 2 saturated heterocycles. The number of hydrogen-bond acceptors (Lipinski definition) is 27. The molecule has 11 bridgehead atoms. The molecule has 7 aromatic rings. The van der Waals surface area contributed by atoms with Gasteiger partial charge in [-0.2, -0.15) is 0 Å². The number of phenolic OH excluding ortho intramolecular Hbond substituents is 3. The predicted molar refractivity (Wildman–Crippen MR) is 419 cm³/mol. The van der Waals surface area contributed by atoms with Gasteiger partial charge in [0.2, 0.25) is 53.4 Å². The van der Waals surface area contributed by atoms with Crippen LogP contribution in [-0.4, -0.2) is 203 Å². The third-order valence-corrected chi connectivity index (χ3v) is 21.5. The van der Waals surface area contributed by atoms with Crippen LogP contribution >= 0.6 is 23.2 Å². The number of benzene rings is 7. The van der Waals surface area contributed by atoms with Gasteiger partial charge in [-0.05, 0) is 152 Å². The number of fused-ring (bicyclic) bond motifs is 15. The van der Waals surface area contributed by atoms with Gasteiger partial charge in [-0.15, -0.1) is 13.2 Å². The number of nitrogens with one attached hydrogen (secondary N) is 9. The number of halogens is 5. The lowest BCUT2D eigenvalue weighted by atomic mass is 9.84. The number of aromatic hydroxyl groups is 3. The van der Waals surface area contributed by atoms with E-state index in [2.05, 4.69) is 52.6 Å². The Morgan fingerprint density at radius 3 is 1.97 bits per heavy atom. The Hall–Kier alpha value is -11.7. The number of carboxylic acid groups (broad SMARTS) is 1. The molecule has 0 aliphatic carbocycles. The maximum absolute atomic E-state index is 16.4. The predicted octanol–water partition coefficient (Wildman–Crippen LogP) is 4.09. The van der Waals surface area contributed by atoms with E-state index in [0.717, 1.165) is 91.0 Å². The van der Waals surface area contributed by atoms with Crippen molar-refractivity contribution >= 4 is 82.1 Å². The molecule has 7 aliphatic heterocycles. The first kappa shape index (κ1) is 89.6. The summed E-state index contributed by atoms with van der Waals surface area (Å²) < 4.78 is 81.4. The lowest BCUT2D eigenvalue weighted by molar-refractivity contribution is -0.277. The second kappa shape index (κ2) is 36.9. The Labute approximate surface area is 701 Å². The number of alkyl halides is 3. The number of amides is 8. The van der Waals surface area contributed by atoms with Crippen LogP contribution in [0.4, 0.5) is 18.9 Å². The molecule has 18 atom stereocenters. The quantitative estimate of drug-likeness (QED) is 0.0542. The van der Waals surface area contributed by atoms with Gasteiger partial charge in [-0.1, -0.05) is 67.4 Å². The van der Waals surface area contributed by atoms with Gasteiger partial charge in [0, 0.05) is 52.5 Å². The van der Waals surface area contributed by atoms with Gasteiger partial charge < -0.3 is 138 Å². The fourth-order valence-corrected chi connectivity index (χ4v) is 15.2. The molecular weight excluding hydrogens is 1660 g/mol. The first-order valence-electron chi connectivity index (χ1n) is 37.9. The van der Waals surface area contributed by atoms with E-state index in [4.69, 9.17) is 57.4 Å². The fraction of sp³-hybridized carbons (Fsp3) is 0.370. The van der Waals surface area contributed by atoms with E-state index in [1.165, 1.54) is 32.2 Å². The van der Waals surface area contributed by atoms with Crippen LogP contribution in [0.3, 0.4) is 0 Å². The van der Waals surface area contributed by atoms with Crippen molar-refractivity contribution in [1.29, 1.82) is 0 Å². The summed E-state index contributed by atoms with van der Waals surface area (Å²) in [6, 6.07) is 9.26. The number of carboxylic acids is 1. The summed E-state index contributed by atoms with van der Waals surface area (Å²) in [6.07, 6.45) is -24.9. The van der Waals surface area contributed by atoms with Gasteiger partial charge in [0.05, 0.1) is 41.3 Å². The van der Waals surface area contributed by atoms with Crippen molar-refractivity contribution in [2.45, 2.75) is 169 Å². The van der Waals surface area contributed by atoms with E-state index >= 15 is 19.2 Å². The minimum atomic E-state index is -4.99. The number of hydrogen-bond donors (Lipinski definition) is 20. The maximum atomic E-state index is 16.4. The Morgan fingerprint density at radius 1 is 0.697 bits per heavy atom. The summed E-state index contributed by atoms with van der Waals surface area (Å²) in [4.78, 5) is 134. The summed E-state index contributed by atoms with van der Waals surface area (Å²) in [5.74, 6) is -18.0. The number of primary amides is 1. The normalized spacial score (nSPS) is 26.4. The minimum Gasteiger partial charge on any atom is -0.508 e. The third-order valence-electron chi connectivity index (χ3n) is 21.0. The average molecular weight is 1740 g/mol. The van der Waals surface area contributed by atoms with Crippen molar-refractivity contribution in [2.24, 2.45) is 11.7 Å². The number of anilines is 1. The number of aliphatic hydroxyl groups is 6. The monoisotopic (exact) mass is 1740 g/mol. The number of rotatable bonds is 19. The van der Waals surface area contributed by atoms with Gasteiger partial charge in [0.1, 0.15) is 101 Å². The zero-order chi connectivity index (χ0) is 88.4. The van der Waals surface area contributed by atoms with E-state index in [0.29, 0.717) is 5.56 Å². The number of nitrogens with two attached hydrogens (primary N) is 1. The highest BCUT2D eigenvalue weighted by atomic mass is 35.5. The highest BCUT2D eigenvalue weighted by Crippen LogP contribution is 2.50. The Balaban J connectivity index is 1.03. The number of likely N-dealkylation sites (N-methyl/N-ethyl adjacent to an activating group) is 1. The summed E-state index contributed by atoms with van der Waals surface area (Å²) in [7, 11) is 1.46. The van der Waals surface area contributed by atoms with Crippen LogP contribution in [0.5, 0.6) is 51.7 Å². The van der Waals surface area contributed by atoms with Crippen LogP contribution in [0.15, 0.2) is 127 Å². The summed E-state index contributed by atoms with van der Waals surface area (Å²) in [5.41, 5.74) is 1.90. The zero-order valence-corrected chi connectivity index (χ0v) is 66.5. The molecule has 4 unspecified atom stereocenters. The molecule has 41 heteroatoms. The smallest absolute Gasteiger partial charge is 0.508 e. The molecular formula is C81H85Cl2F3N10O26. The number of aliphatic hydroxyl groups excluding tert-OH is 6. The minimum absolute atomic E-state index is 0.0331. The topological polar surface area (TPSA) is 555 Å². The van der Waals surface area contributed by atoms with Crippen molar-refractivity contribution in [1.82, 2.24) is 42.5 Å². The summed E-state index contributed by atoms with van der Waals surface area (Å²) >= 11 is 14.4. The average Bonchev–Trinajstić information content (AvgIpc) is 0.779. The molecule has 0 radical (unpaired) electrons. The van der Waals surface area contributed by atoms with Crippen molar-refractivity contribution in [2.75, 3.05) is 19.0 Å². The molecule has 14 rings (SSSR count). The van der Waals surface area contributed by atoms with Gasteiger partial charge in [0.15, 0.2) is 23.8 Å². The van der Waals surface area contributed by atoms with Crippen LogP contribution < -0.4 is 72.5 Å². The Bertz CT molecular complexity index is 5190. The molecule has 0 spiro atoms. The van der Waals surface area contributed by atoms with Gasteiger partial charge >= 0.3 is 12.3 Å². The molecule has 7 aliphatic rings. The standard InChI is InChI=1S/C81H85Cl2F3N10O26/c1-32(2)19-47(88-5)72(108)95-62-64(102)37-12-17-51(45(82)22-37)117-53-24-39-25-54(69(53)121-79-67(105)66(104)65(103)55(31-97)119-79)118-52-18-13-38(23-46(52)83)68(120-57-29-80(4,70(106)33(3)116-57)89-30-34-7-6-8-40(20-34)90-71(107)35-9-14-42(15-10-35)122-81(84,85)86)63-77(113)94-61(78(114)115)44-26-41(98)27-50(100)58(44)43-21-36(11-16-49(43)99)59(74(110)96-63)93-75(111)60(39)92-73(109)48(28-56(87)101)91-76(62)112/h6-18,20-27,32-33,47-48,55,57,59-68,70,79,88-89,97-100,102-106H,19,28-31H2,1-5H3,(H2,87,101)(H,90,107)(H,91,112)(H,92,109)(H,93,111)(H,94,113)(H,95,108)(H,96,110)(H,114,115)/t33-,47-,48-,55?,57+,59-,60?,61+,62+,63+,64+,65+,66+,67+,68-,70+,79?,80?/m0/s1. The molecule has 36 nitrogen and oxygen atoms in total. The van der Waals surface area contributed by atoms with Crippen LogP contribution in [0, 0.1) is 5.92 Å². The second-order valence-corrected chi connectivity index (χ2v) is 31.0. The first-order valence-corrected chi connectivity index (χ1v) is 38.6. The number of carbonyl (C=O) groups excluding carboxylic acids is 8. The Morgan fingerprint density at radius 2 is 1.34 bits per heavy atom. The summed E-state index contributed by atoms with van der Waals surface area (Å²) in [5, 5.41) is 137. The van der Waals surface area contributed by atoms with E-state index in [-0.39, 0.29) is 47.0 Å². The van der Waals surface area contributed by atoms with Crippen LogP contribution in [-0.2, 0) is 59.1 Å². The molecule has 0 saturated carbocycles. The van der Waals surface area contributed by atoms with E-state index < -0.39 is 272 Å².